The normalized spacial score (nSPS) is 21.3. The maximum atomic E-state index is 13.3. The van der Waals surface area contributed by atoms with Crippen LogP contribution in [0, 0.1) is 13.8 Å². The van der Waals surface area contributed by atoms with Crippen LogP contribution in [0.4, 0.5) is 0 Å². The molecule has 2 heterocycles. The first-order valence-corrected chi connectivity index (χ1v) is 11.2. The molecule has 4 rings (SSSR count). The van der Waals surface area contributed by atoms with Crippen LogP contribution >= 0.6 is 0 Å². The van der Waals surface area contributed by atoms with E-state index in [1.165, 1.54) is 24.6 Å². The molecule has 152 valence electrons. The average Bonchev–Trinajstić information content (AvgIpc) is 3.25. The van der Waals surface area contributed by atoms with Crippen LogP contribution in [0.25, 0.3) is 0 Å². The van der Waals surface area contributed by atoms with Gasteiger partial charge in [0.25, 0.3) is 15.9 Å². The SMILES string of the molecule is Cc1ccc([C@H]2CCCN2C(=O)[C@@H](C)N2C(=O)c3ccccc3S2(=O)=O)cc1C. The van der Waals surface area contributed by atoms with Crippen molar-refractivity contribution in [1.29, 1.82) is 0 Å². The summed E-state index contributed by atoms with van der Waals surface area (Å²) in [5.74, 6) is -0.973. The van der Waals surface area contributed by atoms with Gasteiger partial charge in [-0.2, -0.15) is 0 Å². The van der Waals surface area contributed by atoms with Crippen LogP contribution in [0.15, 0.2) is 47.4 Å². The van der Waals surface area contributed by atoms with Crippen LogP contribution < -0.4 is 0 Å². The molecule has 0 N–H and O–H groups in total. The van der Waals surface area contributed by atoms with Crippen LogP contribution in [0.3, 0.4) is 0 Å². The molecule has 0 spiro atoms. The summed E-state index contributed by atoms with van der Waals surface area (Å²) in [6.45, 7) is 6.13. The smallest absolute Gasteiger partial charge is 0.269 e. The molecular formula is C22H24N2O4S. The molecule has 29 heavy (non-hydrogen) atoms. The second kappa shape index (κ2) is 6.99. The molecule has 2 atom stereocenters. The van der Waals surface area contributed by atoms with E-state index in [0.29, 0.717) is 6.54 Å². The lowest BCUT2D eigenvalue weighted by Gasteiger charge is -2.31. The highest BCUT2D eigenvalue weighted by Crippen LogP contribution is 2.36. The van der Waals surface area contributed by atoms with E-state index >= 15 is 0 Å². The lowest BCUT2D eigenvalue weighted by Crippen LogP contribution is -2.49. The van der Waals surface area contributed by atoms with Crippen molar-refractivity contribution in [3.8, 4) is 0 Å². The molecule has 0 aliphatic carbocycles. The Bertz CT molecular complexity index is 1110. The maximum Gasteiger partial charge on any atom is 0.269 e. The number of likely N-dealkylation sites (tertiary alicyclic amines) is 1. The van der Waals surface area contributed by atoms with Crippen LogP contribution in [0.1, 0.15) is 52.9 Å². The number of carbonyl (C=O) groups excluding carboxylic acids is 2. The number of sulfonamides is 1. The molecule has 2 aromatic rings. The van der Waals surface area contributed by atoms with Gasteiger partial charge in [0.1, 0.15) is 10.9 Å². The Balaban J connectivity index is 1.64. The van der Waals surface area contributed by atoms with Gasteiger partial charge in [0.05, 0.1) is 11.6 Å². The Hall–Kier alpha value is -2.67. The molecule has 2 amide bonds. The van der Waals surface area contributed by atoms with E-state index in [1.807, 2.05) is 26.0 Å². The Labute approximate surface area is 171 Å². The summed E-state index contributed by atoms with van der Waals surface area (Å²) >= 11 is 0. The van der Waals surface area contributed by atoms with Gasteiger partial charge in [0, 0.05) is 6.54 Å². The zero-order valence-electron chi connectivity index (χ0n) is 16.8. The third kappa shape index (κ3) is 3.04. The Morgan fingerprint density at radius 2 is 1.83 bits per heavy atom. The van der Waals surface area contributed by atoms with Crippen molar-refractivity contribution in [1.82, 2.24) is 9.21 Å². The summed E-state index contributed by atoms with van der Waals surface area (Å²) in [6, 6.07) is 11.1. The number of aryl methyl sites for hydroxylation is 2. The summed E-state index contributed by atoms with van der Waals surface area (Å²) < 4.78 is 26.6. The largest absolute Gasteiger partial charge is 0.334 e. The predicted octanol–water partition coefficient (Wildman–Crippen LogP) is 3.20. The van der Waals surface area contributed by atoms with Gasteiger partial charge in [0.15, 0.2) is 0 Å². The number of rotatable bonds is 3. The van der Waals surface area contributed by atoms with Crippen LogP contribution in [0.5, 0.6) is 0 Å². The van der Waals surface area contributed by atoms with Crippen LogP contribution in [0.2, 0.25) is 0 Å². The Morgan fingerprint density at radius 3 is 2.52 bits per heavy atom. The highest BCUT2D eigenvalue weighted by Gasteiger charge is 2.47. The van der Waals surface area contributed by atoms with Gasteiger partial charge in [0.2, 0.25) is 5.91 Å². The fourth-order valence-corrected chi connectivity index (χ4v) is 5.99. The van der Waals surface area contributed by atoms with Gasteiger partial charge in [-0.25, -0.2) is 12.7 Å². The van der Waals surface area contributed by atoms with E-state index in [1.54, 1.807) is 17.0 Å². The Kier molecular flexibility index (Phi) is 4.73. The second-order valence-electron chi connectivity index (χ2n) is 7.81. The van der Waals surface area contributed by atoms with Gasteiger partial charge in [-0.3, -0.25) is 9.59 Å². The van der Waals surface area contributed by atoms with E-state index < -0.39 is 22.0 Å². The van der Waals surface area contributed by atoms with E-state index in [0.717, 1.165) is 28.3 Å². The molecule has 0 radical (unpaired) electrons. The molecule has 2 aliphatic heterocycles. The van der Waals surface area contributed by atoms with Crippen molar-refractivity contribution in [2.45, 2.75) is 50.6 Å². The fourth-order valence-electron chi connectivity index (χ4n) is 4.28. The number of fused-ring (bicyclic) bond motifs is 1. The molecule has 1 fully saturated rings. The number of carbonyl (C=O) groups is 2. The van der Waals surface area contributed by atoms with Gasteiger partial charge in [-0.05, 0) is 62.4 Å². The number of hydrogen-bond donors (Lipinski definition) is 0. The minimum atomic E-state index is -4.03. The quantitative estimate of drug-likeness (QED) is 0.776. The van der Waals surface area contributed by atoms with E-state index in [-0.39, 0.29) is 22.4 Å². The van der Waals surface area contributed by atoms with Crippen molar-refractivity contribution >= 4 is 21.8 Å². The average molecular weight is 413 g/mol. The summed E-state index contributed by atoms with van der Waals surface area (Å²) in [6.07, 6.45) is 1.67. The molecule has 0 aromatic heterocycles. The Morgan fingerprint density at radius 1 is 1.10 bits per heavy atom. The monoisotopic (exact) mass is 412 g/mol. The van der Waals surface area contributed by atoms with Gasteiger partial charge >= 0.3 is 0 Å². The molecular weight excluding hydrogens is 388 g/mol. The summed E-state index contributed by atoms with van der Waals surface area (Å²) in [5, 5.41) is 0. The van der Waals surface area contributed by atoms with Crippen molar-refractivity contribution in [2.75, 3.05) is 6.54 Å². The summed E-state index contributed by atoms with van der Waals surface area (Å²) in [4.78, 5) is 27.8. The van der Waals surface area contributed by atoms with E-state index in [4.69, 9.17) is 0 Å². The number of hydrogen-bond acceptors (Lipinski definition) is 4. The standard InChI is InChI=1S/C22H24N2O4S/c1-14-10-11-17(13-15(14)2)19-8-6-12-23(19)21(25)16(3)24-22(26)18-7-4-5-9-20(18)29(24,27)28/h4-5,7,9-11,13,16,19H,6,8,12H2,1-3H3/t16-,19-/m1/s1. The molecule has 2 aromatic carbocycles. The third-order valence-electron chi connectivity index (χ3n) is 6.02. The summed E-state index contributed by atoms with van der Waals surface area (Å²) in [7, 11) is -4.03. The van der Waals surface area contributed by atoms with E-state index in [9.17, 15) is 18.0 Å². The first kappa shape index (κ1) is 19.6. The maximum absolute atomic E-state index is 13.3. The molecule has 0 unspecified atom stereocenters. The van der Waals surface area contributed by atoms with Gasteiger partial charge < -0.3 is 4.90 Å². The zero-order chi connectivity index (χ0) is 20.9. The van der Waals surface area contributed by atoms with Gasteiger partial charge in [-0.1, -0.05) is 30.3 Å². The minimum Gasteiger partial charge on any atom is -0.334 e. The lowest BCUT2D eigenvalue weighted by molar-refractivity contribution is -0.135. The molecule has 0 saturated carbocycles. The molecule has 6 nitrogen and oxygen atoms in total. The highest BCUT2D eigenvalue weighted by molar-refractivity contribution is 7.90. The minimum absolute atomic E-state index is 0.0308. The first-order valence-electron chi connectivity index (χ1n) is 9.79. The van der Waals surface area contributed by atoms with Crippen molar-refractivity contribution in [3.05, 3.63) is 64.7 Å². The van der Waals surface area contributed by atoms with Crippen LogP contribution in [-0.2, 0) is 14.8 Å². The topological polar surface area (TPSA) is 74.8 Å². The van der Waals surface area contributed by atoms with Crippen molar-refractivity contribution in [2.24, 2.45) is 0 Å². The zero-order valence-corrected chi connectivity index (χ0v) is 17.6. The number of amides is 2. The molecule has 2 aliphatic rings. The highest BCUT2D eigenvalue weighted by atomic mass is 32.2. The van der Waals surface area contributed by atoms with E-state index in [2.05, 4.69) is 6.07 Å². The van der Waals surface area contributed by atoms with Crippen molar-refractivity contribution < 1.29 is 18.0 Å². The number of nitrogens with zero attached hydrogens (tertiary/aromatic N) is 2. The van der Waals surface area contributed by atoms with Gasteiger partial charge in [-0.15, -0.1) is 0 Å². The van der Waals surface area contributed by atoms with Crippen molar-refractivity contribution in [3.63, 3.8) is 0 Å². The molecule has 7 heteroatoms. The summed E-state index contributed by atoms with van der Waals surface area (Å²) in [5.41, 5.74) is 3.51. The fraction of sp³-hybridized carbons (Fsp3) is 0.364. The first-order chi connectivity index (χ1) is 13.7. The van der Waals surface area contributed by atoms with Crippen LogP contribution in [-0.4, -0.2) is 42.0 Å². The predicted molar refractivity (Wildman–Crippen MR) is 109 cm³/mol. The molecule has 0 bridgehead atoms. The third-order valence-corrected chi connectivity index (χ3v) is 7.93. The lowest BCUT2D eigenvalue weighted by atomic mass is 9.99. The second-order valence-corrected chi connectivity index (χ2v) is 9.59. The molecule has 1 saturated heterocycles. The number of benzene rings is 2.